The summed E-state index contributed by atoms with van der Waals surface area (Å²) >= 11 is 0. The highest BCUT2D eigenvalue weighted by molar-refractivity contribution is 5.41. The van der Waals surface area contributed by atoms with Gasteiger partial charge < -0.3 is 19.6 Å². The molecule has 1 aromatic heterocycles. The number of benzene rings is 1. The monoisotopic (exact) mass is 273 g/mol. The zero-order chi connectivity index (χ0) is 13.9. The maximum absolute atomic E-state index is 9.79. The SMILES string of the molecule is COc1ccc(CNC2CCCc3occc32)cc1O. The van der Waals surface area contributed by atoms with E-state index in [1.807, 2.05) is 6.07 Å². The first-order valence-electron chi connectivity index (χ1n) is 6.93. The number of phenols is 1. The number of hydrogen-bond donors (Lipinski definition) is 2. The molecule has 0 radical (unpaired) electrons. The zero-order valence-electron chi connectivity index (χ0n) is 11.6. The topological polar surface area (TPSA) is 54.6 Å². The minimum atomic E-state index is 0.180. The Hall–Kier alpha value is -1.94. The number of aromatic hydroxyl groups is 1. The molecule has 106 valence electrons. The van der Waals surface area contributed by atoms with E-state index in [4.69, 9.17) is 9.15 Å². The molecule has 1 unspecified atom stereocenters. The highest BCUT2D eigenvalue weighted by Crippen LogP contribution is 2.31. The standard InChI is InChI=1S/C16H19NO3/c1-19-16-6-5-11(9-14(16)18)10-17-13-3-2-4-15-12(13)7-8-20-15/h5-9,13,17-18H,2-4,10H2,1H3. The van der Waals surface area contributed by atoms with Crippen LogP contribution in [0.25, 0.3) is 0 Å². The number of nitrogens with one attached hydrogen (secondary N) is 1. The molecule has 2 aromatic rings. The zero-order valence-corrected chi connectivity index (χ0v) is 11.6. The minimum absolute atomic E-state index is 0.180. The molecule has 1 aliphatic rings. The third kappa shape index (κ3) is 2.51. The van der Waals surface area contributed by atoms with Gasteiger partial charge in [0, 0.05) is 24.6 Å². The molecule has 0 bridgehead atoms. The number of ether oxygens (including phenoxy) is 1. The van der Waals surface area contributed by atoms with Crippen LogP contribution in [0.2, 0.25) is 0 Å². The average molecular weight is 273 g/mol. The maximum atomic E-state index is 9.79. The first-order chi connectivity index (χ1) is 9.78. The van der Waals surface area contributed by atoms with Crippen molar-refractivity contribution in [2.75, 3.05) is 7.11 Å². The smallest absolute Gasteiger partial charge is 0.160 e. The molecule has 1 aromatic carbocycles. The summed E-state index contributed by atoms with van der Waals surface area (Å²) in [4.78, 5) is 0. The fraction of sp³-hybridized carbons (Fsp3) is 0.375. The molecule has 4 nitrogen and oxygen atoms in total. The number of methoxy groups -OCH3 is 1. The minimum Gasteiger partial charge on any atom is -0.504 e. The summed E-state index contributed by atoms with van der Waals surface area (Å²) in [5.41, 5.74) is 2.31. The molecule has 4 heteroatoms. The van der Waals surface area contributed by atoms with Gasteiger partial charge in [-0.1, -0.05) is 6.07 Å². The lowest BCUT2D eigenvalue weighted by Crippen LogP contribution is -2.23. The second-order valence-electron chi connectivity index (χ2n) is 5.13. The van der Waals surface area contributed by atoms with Crippen LogP contribution in [-0.4, -0.2) is 12.2 Å². The predicted octanol–water partition coefficient (Wildman–Crippen LogP) is 3.16. The second-order valence-corrected chi connectivity index (χ2v) is 5.13. The molecule has 0 fully saturated rings. The van der Waals surface area contributed by atoms with Crippen molar-refractivity contribution in [1.82, 2.24) is 5.32 Å². The molecule has 0 spiro atoms. The van der Waals surface area contributed by atoms with Gasteiger partial charge in [-0.15, -0.1) is 0 Å². The largest absolute Gasteiger partial charge is 0.504 e. The van der Waals surface area contributed by atoms with E-state index >= 15 is 0 Å². The van der Waals surface area contributed by atoms with Crippen LogP contribution in [0.5, 0.6) is 11.5 Å². The number of rotatable bonds is 4. The van der Waals surface area contributed by atoms with E-state index in [0.29, 0.717) is 18.3 Å². The molecular formula is C16H19NO3. The van der Waals surface area contributed by atoms with Crippen molar-refractivity contribution in [1.29, 1.82) is 0 Å². The highest BCUT2D eigenvalue weighted by atomic mass is 16.5. The van der Waals surface area contributed by atoms with Gasteiger partial charge >= 0.3 is 0 Å². The van der Waals surface area contributed by atoms with E-state index in [0.717, 1.165) is 30.6 Å². The van der Waals surface area contributed by atoms with Crippen molar-refractivity contribution in [3.63, 3.8) is 0 Å². The maximum Gasteiger partial charge on any atom is 0.160 e. The fourth-order valence-electron chi connectivity index (χ4n) is 2.79. The van der Waals surface area contributed by atoms with Crippen LogP contribution in [0.4, 0.5) is 0 Å². The molecule has 1 heterocycles. The molecule has 0 saturated carbocycles. The van der Waals surface area contributed by atoms with Gasteiger partial charge in [0.2, 0.25) is 0 Å². The Morgan fingerprint density at radius 1 is 1.40 bits per heavy atom. The van der Waals surface area contributed by atoms with Crippen molar-refractivity contribution >= 4 is 0 Å². The van der Waals surface area contributed by atoms with Gasteiger partial charge in [-0.25, -0.2) is 0 Å². The van der Waals surface area contributed by atoms with Gasteiger partial charge in [-0.2, -0.15) is 0 Å². The summed E-state index contributed by atoms with van der Waals surface area (Å²) in [6.45, 7) is 0.715. The van der Waals surface area contributed by atoms with Gasteiger partial charge in [0.25, 0.3) is 0 Å². The van der Waals surface area contributed by atoms with Gasteiger partial charge in [0.1, 0.15) is 5.76 Å². The second kappa shape index (κ2) is 5.59. The fourth-order valence-corrected chi connectivity index (χ4v) is 2.79. The summed E-state index contributed by atoms with van der Waals surface area (Å²) in [5, 5.41) is 13.3. The Labute approximate surface area is 118 Å². The summed E-state index contributed by atoms with van der Waals surface area (Å²) in [7, 11) is 1.55. The van der Waals surface area contributed by atoms with E-state index < -0.39 is 0 Å². The molecular weight excluding hydrogens is 254 g/mol. The van der Waals surface area contributed by atoms with E-state index in [1.165, 1.54) is 5.56 Å². The van der Waals surface area contributed by atoms with E-state index in [2.05, 4.69) is 11.4 Å². The first kappa shape index (κ1) is 13.1. The lowest BCUT2D eigenvalue weighted by atomic mass is 9.93. The molecule has 1 aliphatic carbocycles. The van der Waals surface area contributed by atoms with Crippen molar-refractivity contribution in [3.8, 4) is 11.5 Å². The summed E-state index contributed by atoms with van der Waals surface area (Å²) in [6.07, 6.45) is 5.06. The van der Waals surface area contributed by atoms with Crippen LogP contribution in [0.15, 0.2) is 34.9 Å². The quantitative estimate of drug-likeness (QED) is 0.898. The number of hydrogen-bond acceptors (Lipinski definition) is 4. The van der Waals surface area contributed by atoms with Crippen molar-refractivity contribution < 1.29 is 14.3 Å². The van der Waals surface area contributed by atoms with Crippen molar-refractivity contribution in [3.05, 3.63) is 47.4 Å². The van der Waals surface area contributed by atoms with E-state index in [1.54, 1.807) is 25.5 Å². The molecule has 0 amide bonds. The summed E-state index contributed by atoms with van der Waals surface area (Å²) < 4.78 is 10.5. The number of fused-ring (bicyclic) bond motifs is 1. The number of furan rings is 1. The molecule has 2 N–H and O–H groups in total. The number of phenolic OH excluding ortho intramolecular Hbond substituents is 1. The van der Waals surface area contributed by atoms with Crippen LogP contribution >= 0.6 is 0 Å². The third-order valence-corrected chi connectivity index (χ3v) is 3.85. The molecule has 20 heavy (non-hydrogen) atoms. The Balaban J connectivity index is 1.67. The van der Waals surface area contributed by atoms with E-state index in [9.17, 15) is 5.11 Å². The Morgan fingerprint density at radius 2 is 2.30 bits per heavy atom. The van der Waals surface area contributed by atoms with Crippen LogP contribution in [-0.2, 0) is 13.0 Å². The van der Waals surface area contributed by atoms with Crippen LogP contribution in [0, 0.1) is 0 Å². The molecule has 0 aliphatic heterocycles. The van der Waals surface area contributed by atoms with Gasteiger partial charge in [-0.3, -0.25) is 0 Å². The average Bonchev–Trinajstić information content (AvgIpc) is 2.94. The third-order valence-electron chi connectivity index (χ3n) is 3.85. The van der Waals surface area contributed by atoms with Gasteiger partial charge in [0.05, 0.1) is 13.4 Å². The highest BCUT2D eigenvalue weighted by Gasteiger charge is 2.21. The Morgan fingerprint density at radius 3 is 3.10 bits per heavy atom. The van der Waals surface area contributed by atoms with Crippen LogP contribution < -0.4 is 10.1 Å². The van der Waals surface area contributed by atoms with Crippen molar-refractivity contribution in [2.24, 2.45) is 0 Å². The van der Waals surface area contributed by atoms with Gasteiger partial charge in [-0.05, 0) is 36.6 Å². The lowest BCUT2D eigenvalue weighted by molar-refractivity contribution is 0.372. The predicted molar refractivity (Wildman–Crippen MR) is 75.9 cm³/mol. The van der Waals surface area contributed by atoms with Gasteiger partial charge in [0.15, 0.2) is 11.5 Å². The van der Waals surface area contributed by atoms with E-state index in [-0.39, 0.29) is 5.75 Å². The normalized spacial score (nSPS) is 17.8. The summed E-state index contributed by atoms with van der Waals surface area (Å²) in [5.74, 6) is 1.79. The molecule has 0 saturated heterocycles. The summed E-state index contributed by atoms with van der Waals surface area (Å²) in [6, 6.07) is 7.88. The Kier molecular flexibility index (Phi) is 3.65. The lowest BCUT2D eigenvalue weighted by Gasteiger charge is -2.23. The van der Waals surface area contributed by atoms with Crippen molar-refractivity contribution in [2.45, 2.75) is 31.8 Å². The molecule has 1 atom stereocenters. The Bertz CT molecular complexity index is 591. The first-order valence-corrected chi connectivity index (χ1v) is 6.93. The molecule has 3 rings (SSSR count). The van der Waals surface area contributed by atoms with Crippen LogP contribution in [0.1, 0.15) is 35.8 Å². The van der Waals surface area contributed by atoms with Crippen LogP contribution in [0.3, 0.4) is 0 Å². The number of aryl methyl sites for hydroxylation is 1.